The van der Waals surface area contributed by atoms with E-state index in [0.29, 0.717) is 17.0 Å². The summed E-state index contributed by atoms with van der Waals surface area (Å²) in [5.41, 5.74) is 4.66. The molecule has 2 aromatic carbocycles. The van der Waals surface area contributed by atoms with Crippen molar-refractivity contribution in [2.75, 3.05) is 5.32 Å². The number of aryl methyl sites for hydroxylation is 1. The Morgan fingerprint density at radius 2 is 1.81 bits per heavy atom. The Kier molecular flexibility index (Phi) is 4.27. The lowest BCUT2D eigenvalue weighted by atomic mass is 10.0. The van der Waals surface area contributed by atoms with E-state index in [0.717, 1.165) is 22.6 Å². The van der Waals surface area contributed by atoms with Gasteiger partial charge < -0.3 is 15.4 Å². The Bertz CT molecular complexity index is 978. The molecule has 2 heterocycles. The third-order valence-electron chi connectivity index (χ3n) is 4.43. The van der Waals surface area contributed by atoms with E-state index in [1.807, 2.05) is 57.2 Å². The van der Waals surface area contributed by atoms with E-state index in [4.69, 9.17) is 4.74 Å². The smallest absolute Gasteiger partial charge is 0.255 e. The highest BCUT2D eigenvalue weighted by molar-refractivity contribution is 6.02. The highest BCUT2D eigenvalue weighted by Crippen LogP contribution is 2.32. The molecular weight excluding hydrogens is 342 g/mol. The first-order valence-electron chi connectivity index (χ1n) is 8.87. The molecule has 0 fully saturated rings. The van der Waals surface area contributed by atoms with Crippen molar-refractivity contribution in [3.05, 3.63) is 59.3 Å². The third kappa shape index (κ3) is 3.23. The molecule has 1 atom stereocenters. The predicted molar refractivity (Wildman–Crippen MR) is 103 cm³/mol. The summed E-state index contributed by atoms with van der Waals surface area (Å²) in [6.45, 7) is 5.94. The number of carbonyl (C=O) groups excluding carboxylic acids is 1. The van der Waals surface area contributed by atoms with Crippen LogP contribution < -0.4 is 15.4 Å². The fraction of sp³-hybridized carbons (Fsp3) is 0.250. The van der Waals surface area contributed by atoms with Crippen LogP contribution in [0.1, 0.15) is 41.6 Å². The van der Waals surface area contributed by atoms with Crippen LogP contribution in [0.3, 0.4) is 0 Å². The van der Waals surface area contributed by atoms with E-state index in [2.05, 4.69) is 26.0 Å². The van der Waals surface area contributed by atoms with E-state index in [1.165, 1.54) is 0 Å². The van der Waals surface area contributed by atoms with Gasteiger partial charge in [-0.2, -0.15) is 15.4 Å². The second-order valence-electron chi connectivity index (χ2n) is 6.80. The third-order valence-corrected chi connectivity index (χ3v) is 4.43. The first kappa shape index (κ1) is 17.1. The molecule has 0 bridgehead atoms. The van der Waals surface area contributed by atoms with E-state index < -0.39 is 6.17 Å². The van der Waals surface area contributed by atoms with Crippen LogP contribution in [-0.2, 0) is 0 Å². The van der Waals surface area contributed by atoms with Crippen LogP contribution in [0.2, 0.25) is 0 Å². The summed E-state index contributed by atoms with van der Waals surface area (Å²) in [5.74, 6) is 0.666. The van der Waals surface area contributed by atoms with Gasteiger partial charge in [-0.05, 0) is 56.7 Å². The molecule has 0 aliphatic carbocycles. The zero-order chi connectivity index (χ0) is 19.0. The average Bonchev–Trinajstić information content (AvgIpc) is 3.12. The predicted octanol–water partition coefficient (Wildman–Crippen LogP) is 3.42. The highest BCUT2D eigenvalue weighted by atomic mass is 16.5. The van der Waals surface area contributed by atoms with Gasteiger partial charge in [0.25, 0.3) is 5.91 Å². The molecule has 138 valence electrons. The van der Waals surface area contributed by atoms with Crippen molar-refractivity contribution in [3.8, 4) is 17.0 Å². The molecule has 3 aromatic rings. The first-order chi connectivity index (χ1) is 13.0. The van der Waals surface area contributed by atoms with Crippen LogP contribution in [0.15, 0.2) is 42.5 Å². The molecular formula is C20H21N5O2. The highest BCUT2D eigenvalue weighted by Gasteiger charge is 2.29. The Morgan fingerprint density at radius 1 is 1.04 bits per heavy atom. The number of H-pyrrole nitrogens is 1. The van der Waals surface area contributed by atoms with Crippen molar-refractivity contribution >= 4 is 11.6 Å². The second-order valence-corrected chi connectivity index (χ2v) is 6.80. The van der Waals surface area contributed by atoms with E-state index >= 15 is 0 Å². The van der Waals surface area contributed by atoms with Crippen LogP contribution in [0, 0.1) is 6.92 Å². The van der Waals surface area contributed by atoms with Gasteiger partial charge in [0.05, 0.1) is 17.4 Å². The Labute approximate surface area is 157 Å². The number of amides is 1. The van der Waals surface area contributed by atoms with Gasteiger partial charge >= 0.3 is 0 Å². The van der Waals surface area contributed by atoms with Crippen molar-refractivity contribution in [2.45, 2.75) is 33.0 Å². The van der Waals surface area contributed by atoms with Crippen molar-refractivity contribution in [2.24, 2.45) is 0 Å². The molecule has 3 N–H and O–H groups in total. The van der Waals surface area contributed by atoms with Gasteiger partial charge in [0.1, 0.15) is 23.3 Å². The number of nitrogens with zero attached hydrogens (tertiary/aromatic N) is 2. The number of nitrogens with one attached hydrogen (secondary N) is 3. The van der Waals surface area contributed by atoms with E-state index in [-0.39, 0.29) is 12.0 Å². The van der Waals surface area contributed by atoms with Crippen molar-refractivity contribution in [3.63, 3.8) is 0 Å². The van der Waals surface area contributed by atoms with Crippen LogP contribution in [0.4, 0.5) is 5.69 Å². The number of fused-ring (bicyclic) bond motifs is 1. The Balaban J connectivity index is 1.65. The standard InChI is InChI=1S/C20H21N5O2/c1-11(2)27-14-9-7-13(8-10-14)17-18(24-25-23-17)19-21-16-12(3)5-4-6-15(16)20(26)22-19/h4-11,19,21H,1-3H3,(H,22,26)(H,23,24,25). The van der Waals surface area contributed by atoms with Gasteiger partial charge in [0.15, 0.2) is 0 Å². The molecule has 0 saturated carbocycles. The number of rotatable bonds is 4. The normalized spacial score (nSPS) is 15.9. The van der Waals surface area contributed by atoms with Gasteiger partial charge in [0.2, 0.25) is 0 Å². The second kappa shape index (κ2) is 6.75. The largest absolute Gasteiger partial charge is 0.491 e. The van der Waals surface area contributed by atoms with Gasteiger partial charge in [-0.1, -0.05) is 12.1 Å². The molecule has 1 aliphatic heterocycles. The number of ether oxygens (including phenoxy) is 1. The molecule has 7 nitrogen and oxygen atoms in total. The lowest BCUT2D eigenvalue weighted by molar-refractivity contribution is 0.0935. The minimum atomic E-state index is -0.466. The van der Waals surface area contributed by atoms with Crippen LogP contribution >= 0.6 is 0 Å². The minimum absolute atomic E-state index is 0.114. The van der Waals surface area contributed by atoms with Crippen molar-refractivity contribution < 1.29 is 9.53 Å². The lowest BCUT2D eigenvalue weighted by Crippen LogP contribution is -2.39. The maximum atomic E-state index is 12.5. The molecule has 27 heavy (non-hydrogen) atoms. The summed E-state index contributed by atoms with van der Waals surface area (Å²) in [5, 5.41) is 17.6. The molecule has 0 radical (unpaired) electrons. The summed E-state index contributed by atoms with van der Waals surface area (Å²) in [4.78, 5) is 12.5. The lowest BCUT2D eigenvalue weighted by Gasteiger charge is -2.28. The number of benzene rings is 2. The number of para-hydroxylation sites is 1. The van der Waals surface area contributed by atoms with E-state index in [9.17, 15) is 4.79 Å². The summed E-state index contributed by atoms with van der Waals surface area (Å²) in [7, 11) is 0. The van der Waals surface area contributed by atoms with Crippen molar-refractivity contribution in [1.29, 1.82) is 0 Å². The fourth-order valence-electron chi connectivity index (χ4n) is 3.19. The van der Waals surface area contributed by atoms with Gasteiger partial charge in [-0.3, -0.25) is 4.79 Å². The van der Waals surface area contributed by atoms with Gasteiger partial charge in [-0.15, -0.1) is 0 Å². The molecule has 0 spiro atoms. The number of anilines is 1. The number of aromatic amines is 1. The first-order valence-corrected chi connectivity index (χ1v) is 8.87. The molecule has 1 aliphatic rings. The van der Waals surface area contributed by atoms with Gasteiger partial charge in [0, 0.05) is 5.56 Å². The molecule has 4 rings (SSSR count). The van der Waals surface area contributed by atoms with E-state index in [1.54, 1.807) is 6.07 Å². The number of carbonyl (C=O) groups is 1. The minimum Gasteiger partial charge on any atom is -0.491 e. The van der Waals surface area contributed by atoms with Crippen molar-refractivity contribution in [1.82, 2.24) is 20.7 Å². The molecule has 1 unspecified atom stereocenters. The molecule has 1 amide bonds. The van der Waals surface area contributed by atoms with Gasteiger partial charge in [-0.25, -0.2) is 0 Å². The monoisotopic (exact) mass is 363 g/mol. The summed E-state index contributed by atoms with van der Waals surface area (Å²) < 4.78 is 5.69. The molecule has 1 aromatic heterocycles. The Morgan fingerprint density at radius 3 is 2.56 bits per heavy atom. The summed E-state index contributed by atoms with van der Waals surface area (Å²) >= 11 is 0. The van der Waals surface area contributed by atoms with Crippen LogP contribution in [-0.4, -0.2) is 27.4 Å². The van der Waals surface area contributed by atoms with Crippen LogP contribution in [0.5, 0.6) is 5.75 Å². The number of hydrogen-bond donors (Lipinski definition) is 3. The average molecular weight is 363 g/mol. The topological polar surface area (TPSA) is 91.9 Å². The quantitative estimate of drug-likeness (QED) is 0.661. The summed E-state index contributed by atoms with van der Waals surface area (Å²) in [6.07, 6.45) is -0.352. The molecule has 7 heteroatoms. The zero-order valence-corrected chi connectivity index (χ0v) is 15.4. The number of aromatic nitrogens is 3. The fourth-order valence-corrected chi connectivity index (χ4v) is 3.19. The molecule has 0 saturated heterocycles. The SMILES string of the molecule is Cc1cccc2c1NC(c1n[nH]nc1-c1ccc(OC(C)C)cc1)NC2=O. The van der Waals surface area contributed by atoms with Crippen LogP contribution in [0.25, 0.3) is 11.3 Å². The summed E-state index contributed by atoms with van der Waals surface area (Å²) in [6, 6.07) is 13.3. The Hall–Kier alpha value is -3.35. The maximum absolute atomic E-state index is 12.5. The number of hydrogen-bond acceptors (Lipinski definition) is 5. The maximum Gasteiger partial charge on any atom is 0.255 e. The zero-order valence-electron chi connectivity index (χ0n) is 15.4.